The first-order chi connectivity index (χ1) is 8.31. The van der Waals surface area contributed by atoms with E-state index in [1.165, 1.54) is 18.5 Å². The minimum atomic E-state index is 0.636. The van der Waals surface area contributed by atoms with Gasteiger partial charge in [0.1, 0.15) is 5.65 Å². The summed E-state index contributed by atoms with van der Waals surface area (Å²) in [6.07, 6.45) is 7.64. The fourth-order valence-corrected chi connectivity index (χ4v) is 2.73. The monoisotopic (exact) mass is 294 g/mol. The molecule has 1 fully saturated rings. The maximum atomic E-state index is 5.51. The van der Waals surface area contributed by atoms with Gasteiger partial charge in [-0.05, 0) is 53.2 Å². The summed E-state index contributed by atoms with van der Waals surface area (Å²) in [5.41, 5.74) is 2.18. The fourth-order valence-electron chi connectivity index (χ4n) is 2.38. The SMILES string of the molecule is Brc1ccc2nc(CC3CCCOC3)cn2c1. The highest BCUT2D eigenvalue weighted by Crippen LogP contribution is 2.19. The normalized spacial score (nSPS) is 20.9. The van der Waals surface area contributed by atoms with Crippen molar-refractivity contribution in [2.75, 3.05) is 13.2 Å². The van der Waals surface area contributed by atoms with Crippen molar-refractivity contribution in [2.24, 2.45) is 5.92 Å². The van der Waals surface area contributed by atoms with E-state index in [2.05, 4.69) is 31.5 Å². The number of nitrogens with zero attached hydrogens (tertiary/aromatic N) is 2. The van der Waals surface area contributed by atoms with E-state index in [0.717, 1.165) is 29.8 Å². The molecule has 2 aromatic rings. The molecule has 1 unspecified atom stereocenters. The van der Waals surface area contributed by atoms with E-state index >= 15 is 0 Å². The zero-order valence-corrected chi connectivity index (χ0v) is 11.2. The van der Waals surface area contributed by atoms with Crippen molar-refractivity contribution in [3.63, 3.8) is 0 Å². The van der Waals surface area contributed by atoms with E-state index in [-0.39, 0.29) is 0 Å². The first-order valence-electron chi connectivity index (χ1n) is 6.02. The smallest absolute Gasteiger partial charge is 0.137 e. The van der Waals surface area contributed by atoms with Gasteiger partial charge in [-0.2, -0.15) is 0 Å². The van der Waals surface area contributed by atoms with Crippen LogP contribution in [-0.2, 0) is 11.2 Å². The van der Waals surface area contributed by atoms with Crippen LogP contribution in [0.4, 0.5) is 0 Å². The van der Waals surface area contributed by atoms with Gasteiger partial charge < -0.3 is 9.14 Å². The van der Waals surface area contributed by atoms with Crippen LogP contribution in [0.2, 0.25) is 0 Å². The summed E-state index contributed by atoms with van der Waals surface area (Å²) in [7, 11) is 0. The lowest BCUT2D eigenvalue weighted by atomic mass is 9.97. The van der Waals surface area contributed by atoms with Gasteiger partial charge in [-0.1, -0.05) is 0 Å². The minimum Gasteiger partial charge on any atom is -0.381 e. The van der Waals surface area contributed by atoms with E-state index in [1.54, 1.807) is 0 Å². The van der Waals surface area contributed by atoms with E-state index in [9.17, 15) is 0 Å². The van der Waals surface area contributed by atoms with Gasteiger partial charge in [-0.3, -0.25) is 0 Å². The van der Waals surface area contributed by atoms with Gasteiger partial charge in [0.2, 0.25) is 0 Å². The van der Waals surface area contributed by atoms with Crippen LogP contribution in [0.3, 0.4) is 0 Å². The molecule has 0 aromatic carbocycles. The van der Waals surface area contributed by atoms with Crippen LogP contribution in [0.25, 0.3) is 5.65 Å². The maximum absolute atomic E-state index is 5.51. The molecular formula is C13H15BrN2O. The molecule has 0 saturated carbocycles. The zero-order chi connectivity index (χ0) is 11.7. The second-order valence-corrected chi connectivity index (χ2v) is 5.55. The fraction of sp³-hybridized carbons (Fsp3) is 0.462. The average molecular weight is 295 g/mol. The van der Waals surface area contributed by atoms with Crippen LogP contribution in [0.15, 0.2) is 29.0 Å². The number of fused-ring (bicyclic) bond motifs is 1. The highest BCUT2D eigenvalue weighted by Gasteiger charge is 2.15. The number of ether oxygens (including phenoxy) is 1. The zero-order valence-electron chi connectivity index (χ0n) is 9.60. The van der Waals surface area contributed by atoms with Gasteiger partial charge >= 0.3 is 0 Å². The Hall–Kier alpha value is -0.870. The van der Waals surface area contributed by atoms with Gasteiger partial charge in [-0.15, -0.1) is 0 Å². The molecule has 3 heterocycles. The van der Waals surface area contributed by atoms with Gasteiger partial charge in [0, 0.05) is 30.1 Å². The molecule has 0 radical (unpaired) electrons. The van der Waals surface area contributed by atoms with Crippen molar-refractivity contribution in [2.45, 2.75) is 19.3 Å². The number of imidazole rings is 1. The molecule has 1 atom stereocenters. The lowest BCUT2D eigenvalue weighted by molar-refractivity contribution is 0.0547. The van der Waals surface area contributed by atoms with Gasteiger partial charge in [-0.25, -0.2) is 4.98 Å². The number of halogens is 1. The lowest BCUT2D eigenvalue weighted by Crippen LogP contribution is -2.19. The lowest BCUT2D eigenvalue weighted by Gasteiger charge is -2.20. The number of aromatic nitrogens is 2. The molecule has 0 N–H and O–H groups in total. The predicted octanol–water partition coefficient (Wildman–Crippen LogP) is 3.07. The quantitative estimate of drug-likeness (QED) is 0.851. The summed E-state index contributed by atoms with van der Waals surface area (Å²) in [6.45, 7) is 1.81. The van der Waals surface area contributed by atoms with Crippen LogP contribution in [0.5, 0.6) is 0 Å². The third kappa shape index (κ3) is 2.53. The second kappa shape index (κ2) is 4.78. The van der Waals surface area contributed by atoms with Crippen molar-refractivity contribution >= 4 is 21.6 Å². The summed E-state index contributed by atoms with van der Waals surface area (Å²) in [5, 5.41) is 0. The van der Waals surface area contributed by atoms with E-state index in [0.29, 0.717) is 5.92 Å². The second-order valence-electron chi connectivity index (χ2n) is 4.63. The molecule has 3 nitrogen and oxygen atoms in total. The van der Waals surface area contributed by atoms with Crippen LogP contribution in [-0.4, -0.2) is 22.6 Å². The molecule has 90 valence electrons. The van der Waals surface area contributed by atoms with Crippen LogP contribution < -0.4 is 0 Å². The first-order valence-corrected chi connectivity index (χ1v) is 6.81. The summed E-state index contributed by atoms with van der Waals surface area (Å²) in [6, 6.07) is 4.06. The summed E-state index contributed by atoms with van der Waals surface area (Å²) in [5.74, 6) is 0.636. The Bertz CT molecular complexity index is 517. The van der Waals surface area contributed by atoms with Crippen LogP contribution in [0, 0.1) is 5.92 Å². The number of pyridine rings is 1. The number of hydrogen-bond donors (Lipinski definition) is 0. The Morgan fingerprint density at radius 2 is 2.35 bits per heavy atom. The minimum absolute atomic E-state index is 0.636. The first kappa shape index (κ1) is 11.2. The molecule has 1 aliphatic heterocycles. The Morgan fingerprint density at radius 3 is 3.18 bits per heavy atom. The van der Waals surface area contributed by atoms with Crippen molar-refractivity contribution in [1.82, 2.24) is 9.38 Å². The molecular weight excluding hydrogens is 280 g/mol. The van der Waals surface area contributed by atoms with Crippen LogP contribution in [0.1, 0.15) is 18.5 Å². The Labute approximate surface area is 109 Å². The molecule has 2 aromatic heterocycles. The highest BCUT2D eigenvalue weighted by molar-refractivity contribution is 9.10. The third-order valence-corrected chi connectivity index (χ3v) is 3.69. The van der Waals surface area contributed by atoms with Gasteiger partial charge in [0.25, 0.3) is 0 Å². The molecule has 1 aliphatic rings. The predicted molar refractivity (Wildman–Crippen MR) is 70.1 cm³/mol. The van der Waals surface area contributed by atoms with Crippen molar-refractivity contribution in [1.29, 1.82) is 0 Å². The Morgan fingerprint density at radius 1 is 1.41 bits per heavy atom. The van der Waals surface area contributed by atoms with Crippen molar-refractivity contribution in [3.05, 3.63) is 34.7 Å². The standard InChI is InChI=1S/C13H15BrN2O/c14-11-3-4-13-15-12(8-16(13)7-11)6-10-2-1-5-17-9-10/h3-4,7-8,10H,1-2,5-6,9H2. The maximum Gasteiger partial charge on any atom is 0.137 e. The van der Waals surface area contributed by atoms with E-state index < -0.39 is 0 Å². The molecule has 3 rings (SSSR count). The molecule has 4 heteroatoms. The summed E-state index contributed by atoms with van der Waals surface area (Å²) >= 11 is 3.47. The average Bonchev–Trinajstić information content (AvgIpc) is 2.71. The Balaban J connectivity index is 1.80. The largest absolute Gasteiger partial charge is 0.381 e. The Kier molecular flexibility index (Phi) is 3.16. The van der Waals surface area contributed by atoms with Crippen molar-refractivity contribution in [3.8, 4) is 0 Å². The van der Waals surface area contributed by atoms with E-state index in [1.807, 2.05) is 18.3 Å². The third-order valence-electron chi connectivity index (χ3n) is 3.22. The number of rotatable bonds is 2. The molecule has 1 saturated heterocycles. The summed E-state index contributed by atoms with van der Waals surface area (Å²) in [4.78, 5) is 4.63. The molecule has 0 amide bonds. The van der Waals surface area contributed by atoms with E-state index in [4.69, 9.17) is 4.74 Å². The van der Waals surface area contributed by atoms with Crippen molar-refractivity contribution < 1.29 is 4.74 Å². The highest BCUT2D eigenvalue weighted by atomic mass is 79.9. The van der Waals surface area contributed by atoms with Gasteiger partial charge in [0.05, 0.1) is 5.69 Å². The topological polar surface area (TPSA) is 26.5 Å². The summed E-state index contributed by atoms with van der Waals surface area (Å²) < 4.78 is 8.66. The van der Waals surface area contributed by atoms with Crippen LogP contribution >= 0.6 is 15.9 Å². The number of hydrogen-bond acceptors (Lipinski definition) is 2. The molecule has 0 aliphatic carbocycles. The molecule has 0 spiro atoms. The van der Waals surface area contributed by atoms with Gasteiger partial charge in [0.15, 0.2) is 0 Å². The molecule has 17 heavy (non-hydrogen) atoms. The molecule has 0 bridgehead atoms.